The lowest BCUT2D eigenvalue weighted by Crippen LogP contribution is -2.21. The predicted molar refractivity (Wildman–Crippen MR) is 53.6 cm³/mol. The second kappa shape index (κ2) is 3.67. The number of hydrogen-bond acceptors (Lipinski definition) is 2. The molecule has 1 unspecified atom stereocenters. The molecule has 4 N–H and O–H groups in total. The van der Waals surface area contributed by atoms with Gasteiger partial charge in [-0.2, -0.15) is 0 Å². The van der Waals surface area contributed by atoms with E-state index < -0.39 is 0 Å². The van der Waals surface area contributed by atoms with Crippen molar-refractivity contribution < 1.29 is 4.79 Å². The fourth-order valence-electron chi connectivity index (χ4n) is 1.54. The maximum Gasteiger partial charge on any atom is 0.315 e. The van der Waals surface area contributed by atoms with Gasteiger partial charge >= 0.3 is 6.03 Å². The molecule has 1 aliphatic heterocycles. The maximum absolute atomic E-state index is 10.9. The van der Waals surface area contributed by atoms with Gasteiger partial charge in [0.25, 0.3) is 0 Å². The molecule has 4 heteroatoms. The first-order chi connectivity index (χ1) is 6.79. The Morgan fingerprint density at radius 3 is 2.57 bits per heavy atom. The SMILES string of the molecule is NCc1ccc(C2CNC(=O)N2)cc1. The summed E-state index contributed by atoms with van der Waals surface area (Å²) in [7, 11) is 0. The van der Waals surface area contributed by atoms with E-state index in [1.165, 1.54) is 0 Å². The van der Waals surface area contributed by atoms with Crippen LogP contribution in [0.4, 0.5) is 4.79 Å². The first kappa shape index (κ1) is 9.02. The van der Waals surface area contributed by atoms with Gasteiger partial charge in [0.2, 0.25) is 0 Å². The molecule has 2 rings (SSSR count). The van der Waals surface area contributed by atoms with Gasteiger partial charge in [0, 0.05) is 13.1 Å². The lowest BCUT2D eigenvalue weighted by molar-refractivity contribution is 0.247. The van der Waals surface area contributed by atoms with Gasteiger partial charge in [0.05, 0.1) is 6.04 Å². The molecule has 0 saturated carbocycles. The summed E-state index contributed by atoms with van der Waals surface area (Å²) in [6.45, 7) is 1.20. The van der Waals surface area contributed by atoms with E-state index in [0.717, 1.165) is 11.1 Å². The standard InChI is InChI=1S/C10H13N3O/c11-5-7-1-3-8(4-2-7)9-6-12-10(14)13-9/h1-4,9H,5-6,11H2,(H2,12,13,14). The van der Waals surface area contributed by atoms with Crippen molar-refractivity contribution in [3.8, 4) is 0 Å². The molecule has 0 radical (unpaired) electrons. The lowest BCUT2D eigenvalue weighted by atomic mass is 10.1. The largest absolute Gasteiger partial charge is 0.336 e. The summed E-state index contributed by atoms with van der Waals surface area (Å²) in [5, 5.41) is 5.55. The molecule has 1 aromatic carbocycles. The van der Waals surface area contributed by atoms with Gasteiger partial charge in [-0.25, -0.2) is 4.79 Å². The molecule has 1 saturated heterocycles. The predicted octanol–water partition coefficient (Wildman–Crippen LogP) is 0.499. The highest BCUT2D eigenvalue weighted by molar-refractivity contribution is 5.76. The average Bonchev–Trinajstić information content (AvgIpc) is 2.65. The van der Waals surface area contributed by atoms with Crippen molar-refractivity contribution in [3.63, 3.8) is 0 Å². The molecule has 1 aromatic rings. The number of nitrogens with one attached hydrogen (secondary N) is 2. The van der Waals surface area contributed by atoms with Crippen molar-refractivity contribution in [1.29, 1.82) is 0 Å². The molecule has 1 heterocycles. The molecule has 1 atom stereocenters. The molecule has 1 aliphatic rings. The Kier molecular flexibility index (Phi) is 2.37. The van der Waals surface area contributed by atoms with Gasteiger partial charge in [-0.1, -0.05) is 24.3 Å². The van der Waals surface area contributed by atoms with Gasteiger partial charge in [0.1, 0.15) is 0 Å². The van der Waals surface area contributed by atoms with Crippen LogP contribution in [0.5, 0.6) is 0 Å². The number of carbonyl (C=O) groups is 1. The number of amides is 2. The number of hydrogen-bond donors (Lipinski definition) is 3. The Balaban J connectivity index is 2.13. The molecule has 2 amide bonds. The number of urea groups is 1. The fraction of sp³-hybridized carbons (Fsp3) is 0.300. The zero-order chi connectivity index (χ0) is 9.97. The third-order valence-corrected chi connectivity index (χ3v) is 2.39. The first-order valence-corrected chi connectivity index (χ1v) is 4.63. The van der Waals surface area contributed by atoms with Gasteiger partial charge < -0.3 is 16.4 Å². The summed E-state index contributed by atoms with van der Waals surface area (Å²) in [6.07, 6.45) is 0. The first-order valence-electron chi connectivity index (χ1n) is 4.63. The van der Waals surface area contributed by atoms with Crippen molar-refractivity contribution in [3.05, 3.63) is 35.4 Å². The zero-order valence-corrected chi connectivity index (χ0v) is 7.79. The van der Waals surface area contributed by atoms with Gasteiger partial charge in [-0.3, -0.25) is 0 Å². The summed E-state index contributed by atoms with van der Waals surface area (Å²) in [6, 6.07) is 7.96. The number of benzene rings is 1. The van der Waals surface area contributed by atoms with E-state index in [1.807, 2.05) is 24.3 Å². The van der Waals surface area contributed by atoms with E-state index in [0.29, 0.717) is 13.1 Å². The molecule has 1 fully saturated rings. The van der Waals surface area contributed by atoms with E-state index >= 15 is 0 Å². The van der Waals surface area contributed by atoms with Crippen molar-refractivity contribution in [1.82, 2.24) is 10.6 Å². The molecule has 0 aromatic heterocycles. The lowest BCUT2D eigenvalue weighted by Gasteiger charge is -2.08. The summed E-state index contributed by atoms with van der Waals surface area (Å²) in [4.78, 5) is 10.9. The molecule has 0 spiro atoms. The summed E-state index contributed by atoms with van der Waals surface area (Å²) in [5.74, 6) is 0. The Morgan fingerprint density at radius 1 is 1.36 bits per heavy atom. The Bertz CT molecular complexity index is 334. The molecule has 0 bridgehead atoms. The quantitative estimate of drug-likeness (QED) is 0.637. The van der Waals surface area contributed by atoms with Gasteiger partial charge in [0.15, 0.2) is 0 Å². The van der Waals surface area contributed by atoms with Gasteiger partial charge in [-0.05, 0) is 11.1 Å². The Hall–Kier alpha value is -1.55. The van der Waals surface area contributed by atoms with Gasteiger partial charge in [-0.15, -0.1) is 0 Å². The van der Waals surface area contributed by atoms with Crippen molar-refractivity contribution in [2.45, 2.75) is 12.6 Å². The third kappa shape index (κ3) is 1.70. The number of carbonyl (C=O) groups excluding carboxylic acids is 1. The number of nitrogens with two attached hydrogens (primary N) is 1. The second-order valence-electron chi connectivity index (χ2n) is 3.35. The molecular weight excluding hydrogens is 178 g/mol. The van der Waals surface area contributed by atoms with Crippen molar-refractivity contribution >= 4 is 6.03 Å². The second-order valence-corrected chi connectivity index (χ2v) is 3.35. The summed E-state index contributed by atoms with van der Waals surface area (Å²) in [5.41, 5.74) is 7.71. The normalized spacial score (nSPS) is 20.4. The Morgan fingerprint density at radius 2 is 2.07 bits per heavy atom. The summed E-state index contributed by atoms with van der Waals surface area (Å²) < 4.78 is 0. The zero-order valence-electron chi connectivity index (χ0n) is 7.79. The van der Waals surface area contributed by atoms with Crippen LogP contribution in [0.15, 0.2) is 24.3 Å². The molecule has 74 valence electrons. The van der Waals surface area contributed by atoms with Crippen molar-refractivity contribution in [2.75, 3.05) is 6.54 Å². The maximum atomic E-state index is 10.9. The van der Waals surface area contributed by atoms with Crippen LogP contribution >= 0.6 is 0 Å². The molecule has 0 aliphatic carbocycles. The Labute approximate surface area is 82.5 Å². The fourth-order valence-corrected chi connectivity index (χ4v) is 1.54. The monoisotopic (exact) mass is 191 g/mol. The highest BCUT2D eigenvalue weighted by atomic mass is 16.2. The number of rotatable bonds is 2. The highest BCUT2D eigenvalue weighted by Gasteiger charge is 2.20. The van der Waals surface area contributed by atoms with Crippen LogP contribution < -0.4 is 16.4 Å². The van der Waals surface area contributed by atoms with E-state index in [-0.39, 0.29) is 12.1 Å². The van der Waals surface area contributed by atoms with E-state index in [9.17, 15) is 4.79 Å². The third-order valence-electron chi connectivity index (χ3n) is 2.39. The molecule has 14 heavy (non-hydrogen) atoms. The minimum Gasteiger partial charge on any atom is -0.336 e. The minimum atomic E-state index is -0.0992. The van der Waals surface area contributed by atoms with Crippen LogP contribution in [-0.2, 0) is 6.54 Å². The van der Waals surface area contributed by atoms with Crippen LogP contribution in [0.2, 0.25) is 0 Å². The van der Waals surface area contributed by atoms with Crippen molar-refractivity contribution in [2.24, 2.45) is 5.73 Å². The smallest absolute Gasteiger partial charge is 0.315 e. The minimum absolute atomic E-state index is 0.0920. The molecular formula is C10H13N3O. The van der Waals surface area contributed by atoms with Crippen LogP contribution in [0, 0.1) is 0 Å². The van der Waals surface area contributed by atoms with Crippen LogP contribution in [0.3, 0.4) is 0 Å². The average molecular weight is 191 g/mol. The highest BCUT2D eigenvalue weighted by Crippen LogP contribution is 2.15. The van der Waals surface area contributed by atoms with Crippen LogP contribution in [0.25, 0.3) is 0 Å². The summed E-state index contributed by atoms with van der Waals surface area (Å²) >= 11 is 0. The van der Waals surface area contributed by atoms with Crippen LogP contribution in [-0.4, -0.2) is 12.6 Å². The van der Waals surface area contributed by atoms with Crippen LogP contribution in [0.1, 0.15) is 17.2 Å². The van der Waals surface area contributed by atoms with E-state index in [2.05, 4.69) is 10.6 Å². The molecule has 4 nitrogen and oxygen atoms in total. The van der Waals surface area contributed by atoms with E-state index in [4.69, 9.17) is 5.73 Å². The van der Waals surface area contributed by atoms with E-state index in [1.54, 1.807) is 0 Å². The topological polar surface area (TPSA) is 67.1 Å².